The summed E-state index contributed by atoms with van der Waals surface area (Å²) >= 11 is 6.39. The van der Waals surface area contributed by atoms with Crippen LogP contribution < -0.4 is 15.8 Å². The second kappa shape index (κ2) is 11.8. The number of aromatic amines is 1. The number of carbonyl (C=O) groups excluding carboxylic acids is 1. The van der Waals surface area contributed by atoms with Gasteiger partial charge < -0.3 is 19.1 Å². The number of aliphatic hydroxyl groups is 1. The lowest BCUT2D eigenvalue weighted by Gasteiger charge is -2.25. The molecule has 15 heteroatoms. The molecule has 12 nitrogen and oxygen atoms in total. The molecule has 38 heavy (non-hydrogen) atoms. The maximum absolute atomic E-state index is 13.9. The molecule has 4 unspecified atom stereocenters. The highest BCUT2D eigenvalue weighted by molar-refractivity contribution is 7.49. The number of aliphatic hydroxyl groups excluding tert-OH is 1. The van der Waals surface area contributed by atoms with Gasteiger partial charge in [0.15, 0.2) is 17.2 Å². The lowest BCUT2D eigenvalue weighted by molar-refractivity contribution is -0.156. The Morgan fingerprint density at radius 3 is 2.61 bits per heavy atom. The number of nitrogens with one attached hydrogen (secondary N) is 1. The van der Waals surface area contributed by atoms with Crippen LogP contribution in [0.5, 0.6) is 5.75 Å². The largest absolute Gasteiger partial charge is 0.530 e. The van der Waals surface area contributed by atoms with Crippen LogP contribution in [-0.4, -0.2) is 56.5 Å². The van der Waals surface area contributed by atoms with Crippen LogP contribution in [0, 0.1) is 18.2 Å². The van der Waals surface area contributed by atoms with E-state index in [-0.39, 0.29) is 5.75 Å². The molecule has 1 aromatic heterocycles. The summed E-state index contributed by atoms with van der Waals surface area (Å²) in [5.41, 5.74) is -2.40. The number of hydrogen-bond donors (Lipinski definition) is 2. The molecule has 2 N–H and O–H groups in total. The summed E-state index contributed by atoms with van der Waals surface area (Å²) in [5.74, 6) is -0.0149. The van der Waals surface area contributed by atoms with Crippen LogP contribution >= 0.6 is 19.4 Å². The van der Waals surface area contributed by atoms with Crippen molar-refractivity contribution in [3.8, 4) is 18.1 Å². The summed E-state index contributed by atoms with van der Waals surface area (Å²) in [6.45, 7) is 3.76. The Balaban J connectivity index is 1.86. The average molecular weight is 575 g/mol. The molecular weight excluding hydrogens is 550 g/mol. The molecule has 2 aromatic rings. The number of carbonyl (C=O) groups is 1. The normalized spacial score (nSPS) is 25.4. The third-order valence-electron chi connectivity index (χ3n) is 5.17. The number of ether oxygens (including phenoxy) is 2. The van der Waals surface area contributed by atoms with E-state index < -0.39 is 73.0 Å². The molecule has 1 aromatic carbocycles. The maximum Gasteiger partial charge on any atom is 0.530 e. The van der Waals surface area contributed by atoms with E-state index in [2.05, 4.69) is 5.92 Å². The van der Waals surface area contributed by atoms with Crippen molar-refractivity contribution in [3.63, 3.8) is 0 Å². The van der Waals surface area contributed by atoms with E-state index in [4.69, 9.17) is 41.1 Å². The van der Waals surface area contributed by atoms with E-state index in [0.717, 1.165) is 0 Å². The smallest absolute Gasteiger partial charge is 0.461 e. The van der Waals surface area contributed by atoms with Crippen LogP contribution in [0.15, 0.2) is 46.1 Å². The number of rotatable bonds is 10. The molecule has 3 rings (SSSR count). The number of phosphoric ester groups is 1. The minimum atomic E-state index is -4.60. The second-order valence-electron chi connectivity index (χ2n) is 8.41. The summed E-state index contributed by atoms with van der Waals surface area (Å²) < 4.78 is 54.7. The first kappa shape index (κ1) is 29.6. The Kier molecular flexibility index (Phi) is 9.20. The molecule has 1 saturated heterocycles. The number of aromatic nitrogens is 2. The van der Waals surface area contributed by atoms with Crippen LogP contribution in [0.1, 0.15) is 27.0 Å². The van der Waals surface area contributed by atoms with Crippen LogP contribution in [0.3, 0.4) is 0 Å². The van der Waals surface area contributed by atoms with Crippen LogP contribution in [0.25, 0.3) is 0 Å². The number of alkyl halides is 1. The molecule has 6 atom stereocenters. The zero-order valence-electron chi connectivity index (χ0n) is 20.4. The fourth-order valence-corrected chi connectivity index (χ4v) is 5.00. The quantitative estimate of drug-likeness (QED) is 0.186. The number of hydrogen-bond acceptors (Lipinski definition) is 10. The van der Waals surface area contributed by atoms with E-state index in [1.807, 2.05) is 0 Å². The van der Waals surface area contributed by atoms with E-state index in [9.17, 15) is 28.4 Å². The lowest BCUT2D eigenvalue weighted by atomic mass is 9.99. The number of nitrogens with zero attached hydrogens (tertiary/aromatic N) is 1. The molecule has 2 heterocycles. The number of para-hydroxylation sites is 1. The Hall–Kier alpha value is -2.98. The van der Waals surface area contributed by atoms with Gasteiger partial charge >= 0.3 is 19.5 Å². The van der Waals surface area contributed by atoms with Gasteiger partial charge in [-0.2, -0.15) is 4.39 Å². The van der Waals surface area contributed by atoms with Crippen molar-refractivity contribution in [2.75, 3.05) is 6.61 Å². The molecule has 0 saturated carbocycles. The Bertz CT molecular complexity index is 1360. The summed E-state index contributed by atoms with van der Waals surface area (Å²) in [6.07, 6.45) is -0.750. The topological polar surface area (TPSA) is 155 Å². The SMILES string of the molecule is C#CC1(Cl)C(O)[C@@H](COP(=O)(Oc2ccccc2)O[C@@H](C)C(=O)OC(C)C)OC1n1cc(F)c(=O)[nH]c1=O. The zero-order chi connectivity index (χ0) is 28.3. The third kappa shape index (κ3) is 6.53. The summed E-state index contributed by atoms with van der Waals surface area (Å²) in [7, 11) is -4.60. The number of phosphoric acid groups is 1. The number of benzene rings is 1. The van der Waals surface area contributed by atoms with Crippen molar-refractivity contribution in [2.45, 2.75) is 56.3 Å². The second-order valence-corrected chi connectivity index (χ2v) is 10.6. The number of halogens is 2. The van der Waals surface area contributed by atoms with Gasteiger partial charge in [0.1, 0.15) is 18.0 Å². The highest BCUT2D eigenvalue weighted by atomic mass is 35.5. The van der Waals surface area contributed by atoms with Gasteiger partial charge in [0.25, 0.3) is 5.56 Å². The molecule has 0 radical (unpaired) electrons. The highest BCUT2D eigenvalue weighted by Crippen LogP contribution is 2.52. The Labute approximate surface area is 221 Å². The molecule has 1 fully saturated rings. The predicted molar refractivity (Wildman–Crippen MR) is 131 cm³/mol. The standard InChI is InChI=1S/C23H25ClFN2O10P/c1-5-23(24)18(28)17(35-21(23)27-11-16(25)19(29)26-22(27)31)12-33-38(32,37-15-9-7-6-8-10-15)36-14(4)20(30)34-13(2)3/h1,6-11,13-14,17-18,21,28H,12H2,2-4H3,(H,26,29,31)/t14-,17+,18?,21?,23?,38?/m0/s1. The van der Waals surface area contributed by atoms with E-state index in [1.54, 1.807) is 37.0 Å². The molecule has 0 aliphatic carbocycles. The molecule has 0 spiro atoms. The highest BCUT2D eigenvalue weighted by Gasteiger charge is 2.56. The van der Waals surface area contributed by atoms with Gasteiger partial charge in [0, 0.05) is 0 Å². The number of terminal acetylenes is 1. The minimum absolute atomic E-state index is 0.0663. The van der Waals surface area contributed by atoms with E-state index in [0.29, 0.717) is 10.8 Å². The predicted octanol–water partition coefficient (Wildman–Crippen LogP) is 2.11. The van der Waals surface area contributed by atoms with Gasteiger partial charge in [-0.3, -0.25) is 23.4 Å². The van der Waals surface area contributed by atoms with Crippen molar-refractivity contribution in [2.24, 2.45) is 0 Å². The van der Waals surface area contributed by atoms with Crippen molar-refractivity contribution in [1.29, 1.82) is 0 Å². The van der Waals surface area contributed by atoms with Crippen molar-refractivity contribution >= 4 is 25.4 Å². The monoisotopic (exact) mass is 574 g/mol. The molecular formula is C23H25ClFN2O10P. The van der Waals surface area contributed by atoms with Gasteiger partial charge in [0.05, 0.1) is 18.9 Å². The average Bonchev–Trinajstić information content (AvgIpc) is 3.10. The molecule has 0 amide bonds. The van der Waals surface area contributed by atoms with E-state index >= 15 is 0 Å². The Morgan fingerprint density at radius 2 is 2.00 bits per heavy atom. The van der Waals surface area contributed by atoms with Crippen molar-refractivity contribution in [3.05, 3.63) is 63.2 Å². The molecule has 206 valence electrons. The third-order valence-corrected chi connectivity index (χ3v) is 7.17. The van der Waals surface area contributed by atoms with E-state index in [1.165, 1.54) is 19.1 Å². The summed E-state index contributed by atoms with van der Waals surface area (Å²) in [4.78, 5) is 35.5. The minimum Gasteiger partial charge on any atom is -0.461 e. The van der Waals surface area contributed by atoms with Gasteiger partial charge in [0.2, 0.25) is 5.82 Å². The maximum atomic E-state index is 13.9. The van der Waals surface area contributed by atoms with Gasteiger partial charge in [-0.15, -0.1) is 6.42 Å². The first-order chi connectivity index (χ1) is 17.8. The molecule has 0 bridgehead atoms. The first-order valence-electron chi connectivity index (χ1n) is 11.2. The summed E-state index contributed by atoms with van der Waals surface area (Å²) in [6, 6.07) is 7.74. The van der Waals surface area contributed by atoms with Gasteiger partial charge in [-0.05, 0) is 32.9 Å². The molecule has 1 aliphatic rings. The fraction of sp³-hybridized carbons (Fsp3) is 0.435. The lowest BCUT2D eigenvalue weighted by Crippen LogP contribution is -2.44. The van der Waals surface area contributed by atoms with Crippen LogP contribution in [0.4, 0.5) is 4.39 Å². The van der Waals surface area contributed by atoms with Gasteiger partial charge in [-0.1, -0.05) is 35.7 Å². The fourth-order valence-electron chi connectivity index (χ4n) is 3.36. The summed E-state index contributed by atoms with van der Waals surface area (Å²) in [5, 5.41) is 10.8. The Morgan fingerprint density at radius 1 is 1.34 bits per heavy atom. The van der Waals surface area contributed by atoms with Crippen molar-refractivity contribution in [1.82, 2.24) is 9.55 Å². The van der Waals surface area contributed by atoms with Crippen LogP contribution in [-0.2, 0) is 27.9 Å². The first-order valence-corrected chi connectivity index (χ1v) is 13.0. The number of H-pyrrole nitrogens is 1. The molecule has 1 aliphatic heterocycles. The van der Waals surface area contributed by atoms with Crippen LogP contribution in [0.2, 0.25) is 0 Å². The van der Waals surface area contributed by atoms with Crippen molar-refractivity contribution < 1.29 is 41.9 Å². The number of esters is 1. The zero-order valence-corrected chi connectivity index (χ0v) is 22.1. The van der Waals surface area contributed by atoms with Gasteiger partial charge in [-0.25, -0.2) is 14.2 Å².